The molecule has 16 heavy (non-hydrogen) atoms. The molecule has 0 unspecified atom stereocenters. The predicted molar refractivity (Wildman–Crippen MR) is 71.8 cm³/mol. The summed E-state index contributed by atoms with van der Waals surface area (Å²) in [6.45, 7) is 10.5. The van der Waals surface area contributed by atoms with E-state index in [2.05, 4.69) is 50.4 Å². The number of aromatic nitrogens is 2. The number of aryl methyl sites for hydroxylation is 1. The van der Waals surface area contributed by atoms with Crippen molar-refractivity contribution in [2.45, 2.75) is 46.3 Å². The fourth-order valence-electron chi connectivity index (χ4n) is 1.28. The van der Waals surface area contributed by atoms with Gasteiger partial charge >= 0.3 is 0 Å². The molecule has 0 aliphatic carbocycles. The molecule has 0 saturated heterocycles. The van der Waals surface area contributed by atoms with Gasteiger partial charge < -0.3 is 5.32 Å². The molecule has 0 aliphatic heterocycles. The molecule has 0 atom stereocenters. The van der Waals surface area contributed by atoms with E-state index in [9.17, 15) is 0 Å². The molecule has 0 fully saturated rings. The predicted octanol–water partition coefficient (Wildman–Crippen LogP) is 2.52. The van der Waals surface area contributed by atoms with Gasteiger partial charge in [-0.1, -0.05) is 6.92 Å². The van der Waals surface area contributed by atoms with Crippen LogP contribution in [-0.2, 0) is 13.1 Å². The molecule has 0 amide bonds. The lowest BCUT2D eigenvalue weighted by atomic mass is 10.1. The number of nitrogens with one attached hydrogen (secondary N) is 1. The van der Waals surface area contributed by atoms with Crippen LogP contribution in [-0.4, -0.2) is 26.8 Å². The number of rotatable bonds is 6. The molecule has 92 valence electrons. The molecule has 0 aromatic carbocycles. The molecule has 0 aliphatic rings. The van der Waals surface area contributed by atoms with Crippen LogP contribution < -0.4 is 5.32 Å². The Morgan fingerprint density at radius 2 is 2.19 bits per heavy atom. The van der Waals surface area contributed by atoms with Crippen molar-refractivity contribution < 1.29 is 0 Å². The van der Waals surface area contributed by atoms with E-state index in [1.807, 2.05) is 16.4 Å². The zero-order chi connectivity index (χ0) is 12.0. The molecule has 1 rings (SSSR count). The van der Waals surface area contributed by atoms with Gasteiger partial charge in [-0.05, 0) is 32.6 Å². The van der Waals surface area contributed by atoms with Gasteiger partial charge in [0.05, 0.1) is 5.69 Å². The van der Waals surface area contributed by atoms with Crippen LogP contribution in [0.25, 0.3) is 0 Å². The van der Waals surface area contributed by atoms with Gasteiger partial charge in [-0.15, -0.1) is 0 Å². The van der Waals surface area contributed by atoms with E-state index in [-0.39, 0.29) is 5.54 Å². The minimum absolute atomic E-state index is 0.155. The Labute approximate surface area is 103 Å². The maximum absolute atomic E-state index is 4.53. The third-order valence-electron chi connectivity index (χ3n) is 2.16. The first-order valence-electron chi connectivity index (χ1n) is 5.86. The number of nitrogens with zero attached hydrogens (tertiary/aromatic N) is 2. The van der Waals surface area contributed by atoms with Crippen LogP contribution >= 0.6 is 11.8 Å². The second kappa shape index (κ2) is 6.30. The van der Waals surface area contributed by atoms with Crippen molar-refractivity contribution in [1.29, 1.82) is 0 Å². The van der Waals surface area contributed by atoms with Gasteiger partial charge in [-0.25, -0.2) is 0 Å². The highest BCUT2D eigenvalue weighted by atomic mass is 32.2. The Morgan fingerprint density at radius 3 is 2.81 bits per heavy atom. The van der Waals surface area contributed by atoms with Gasteiger partial charge in [-0.2, -0.15) is 16.9 Å². The van der Waals surface area contributed by atoms with Crippen LogP contribution in [0.2, 0.25) is 0 Å². The molecular formula is C12H23N3S. The average Bonchev–Trinajstić information content (AvgIpc) is 2.62. The van der Waals surface area contributed by atoms with Crippen molar-refractivity contribution in [2.75, 3.05) is 11.5 Å². The second-order valence-electron chi connectivity index (χ2n) is 4.87. The monoisotopic (exact) mass is 241 g/mol. The summed E-state index contributed by atoms with van der Waals surface area (Å²) in [6, 6.07) is 2.09. The molecule has 0 spiro atoms. The van der Waals surface area contributed by atoms with E-state index in [0.29, 0.717) is 0 Å². The molecule has 0 bridgehead atoms. The maximum atomic E-state index is 4.53. The normalized spacial score (nSPS) is 12.0. The van der Waals surface area contributed by atoms with Crippen LogP contribution in [0.4, 0.5) is 0 Å². The molecule has 1 aromatic rings. The summed E-state index contributed by atoms with van der Waals surface area (Å²) < 4.78 is 2.03. The van der Waals surface area contributed by atoms with Crippen molar-refractivity contribution in [2.24, 2.45) is 0 Å². The lowest BCUT2D eigenvalue weighted by Gasteiger charge is -2.19. The highest BCUT2D eigenvalue weighted by Crippen LogP contribution is 2.04. The van der Waals surface area contributed by atoms with Gasteiger partial charge in [0.2, 0.25) is 0 Å². The van der Waals surface area contributed by atoms with Gasteiger partial charge in [-0.3, -0.25) is 4.68 Å². The lowest BCUT2D eigenvalue weighted by molar-refractivity contribution is 0.419. The molecule has 4 heteroatoms. The molecule has 1 aromatic heterocycles. The number of thioether (sulfide) groups is 1. The topological polar surface area (TPSA) is 29.9 Å². The summed E-state index contributed by atoms with van der Waals surface area (Å²) in [5, 5.41) is 7.96. The Balaban J connectivity index is 2.33. The molecule has 3 nitrogen and oxygen atoms in total. The van der Waals surface area contributed by atoms with Gasteiger partial charge in [0.15, 0.2) is 0 Å². The largest absolute Gasteiger partial charge is 0.306 e. The highest BCUT2D eigenvalue weighted by molar-refractivity contribution is 7.99. The Hall–Kier alpha value is -0.480. The van der Waals surface area contributed by atoms with E-state index in [1.54, 1.807) is 0 Å². The van der Waals surface area contributed by atoms with Crippen molar-refractivity contribution in [3.05, 3.63) is 18.0 Å². The zero-order valence-electron chi connectivity index (χ0n) is 10.8. The van der Waals surface area contributed by atoms with E-state index >= 15 is 0 Å². The van der Waals surface area contributed by atoms with E-state index < -0.39 is 0 Å². The number of hydrogen-bond donors (Lipinski definition) is 1. The van der Waals surface area contributed by atoms with Crippen LogP contribution in [0, 0.1) is 0 Å². The fourth-order valence-corrected chi connectivity index (χ4v) is 1.89. The highest BCUT2D eigenvalue weighted by Gasteiger charge is 2.09. The molecule has 0 radical (unpaired) electrons. The third kappa shape index (κ3) is 5.56. The lowest BCUT2D eigenvalue weighted by Crippen LogP contribution is -2.35. The van der Waals surface area contributed by atoms with Crippen molar-refractivity contribution in [3.63, 3.8) is 0 Å². The summed E-state index contributed by atoms with van der Waals surface area (Å²) in [6.07, 6.45) is 2.07. The fraction of sp³-hybridized carbons (Fsp3) is 0.750. The van der Waals surface area contributed by atoms with Gasteiger partial charge in [0.25, 0.3) is 0 Å². The van der Waals surface area contributed by atoms with Crippen LogP contribution in [0.5, 0.6) is 0 Å². The minimum Gasteiger partial charge on any atom is -0.306 e. The molecular weight excluding hydrogens is 218 g/mol. The Bertz CT molecular complexity index is 301. The van der Waals surface area contributed by atoms with Crippen LogP contribution in [0.1, 0.15) is 33.4 Å². The molecule has 1 heterocycles. The zero-order valence-corrected chi connectivity index (χ0v) is 11.6. The van der Waals surface area contributed by atoms with Crippen molar-refractivity contribution in [3.8, 4) is 0 Å². The smallest absolute Gasteiger partial charge is 0.0762 e. The van der Waals surface area contributed by atoms with Crippen molar-refractivity contribution >= 4 is 11.8 Å². The second-order valence-corrected chi connectivity index (χ2v) is 6.26. The van der Waals surface area contributed by atoms with Crippen LogP contribution in [0.15, 0.2) is 12.3 Å². The standard InChI is InChI=1S/C12H23N3S/c1-5-16-9-8-15-7-6-11(14-15)10-13-12(2,3)4/h6-7,13H,5,8-10H2,1-4H3. The molecule has 0 saturated carbocycles. The van der Waals surface area contributed by atoms with Crippen molar-refractivity contribution in [1.82, 2.24) is 15.1 Å². The number of hydrogen-bond acceptors (Lipinski definition) is 3. The first kappa shape index (κ1) is 13.6. The maximum Gasteiger partial charge on any atom is 0.0762 e. The first-order chi connectivity index (χ1) is 7.51. The summed E-state index contributed by atoms with van der Waals surface area (Å²) in [4.78, 5) is 0. The van der Waals surface area contributed by atoms with Crippen LogP contribution in [0.3, 0.4) is 0 Å². The third-order valence-corrected chi connectivity index (χ3v) is 3.04. The van der Waals surface area contributed by atoms with E-state index in [0.717, 1.165) is 24.5 Å². The van der Waals surface area contributed by atoms with Gasteiger partial charge in [0.1, 0.15) is 0 Å². The molecule has 1 N–H and O–H groups in total. The minimum atomic E-state index is 0.155. The van der Waals surface area contributed by atoms with E-state index in [1.165, 1.54) is 5.75 Å². The summed E-state index contributed by atoms with van der Waals surface area (Å²) >= 11 is 1.95. The van der Waals surface area contributed by atoms with E-state index in [4.69, 9.17) is 0 Å². The summed E-state index contributed by atoms with van der Waals surface area (Å²) in [7, 11) is 0. The van der Waals surface area contributed by atoms with Gasteiger partial charge in [0, 0.05) is 30.6 Å². The Morgan fingerprint density at radius 1 is 1.44 bits per heavy atom. The average molecular weight is 241 g/mol. The first-order valence-corrected chi connectivity index (χ1v) is 7.02. The summed E-state index contributed by atoms with van der Waals surface area (Å²) in [5.74, 6) is 2.32. The Kier molecular flexibility index (Phi) is 5.35. The summed E-state index contributed by atoms with van der Waals surface area (Å²) in [5.41, 5.74) is 1.28. The quantitative estimate of drug-likeness (QED) is 0.776. The SMILES string of the molecule is CCSCCn1ccc(CNC(C)(C)C)n1.